The Morgan fingerprint density at radius 1 is 1.04 bits per heavy atom. The largest absolute Gasteiger partial charge is 0.399 e. The quantitative estimate of drug-likeness (QED) is 0.862. The molecule has 1 aromatic carbocycles. The summed E-state index contributed by atoms with van der Waals surface area (Å²) in [7, 11) is 0. The third-order valence-corrected chi connectivity index (χ3v) is 4.65. The lowest BCUT2D eigenvalue weighted by Gasteiger charge is -2.27. The third kappa shape index (κ3) is 3.03. The molecule has 1 aliphatic heterocycles. The number of benzene rings is 1. The van der Waals surface area contributed by atoms with Gasteiger partial charge in [0.05, 0.1) is 10.9 Å². The van der Waals surface area contributed by atoms with Gasteiger partial charge in [-0.3, -0.25) is 13.9 Å². The van der Waals surface area contributed by atoms with Gasteiger partial charge < -0.3 is 10.6 Å². The van der Waals surface area contributed by atoms with Crippen LogP contribution in [0.15, 0.2) is 27.8 Å². The number of nitrogens with zero attached hydrogens (tertiary/aromatic N) is 3. The van der Waals surface area contributed by atoms with Crippen LogP contribution in [0.2, 0.25) is 0 Å². The van der Waals surface area contributed by atoms with Crippen LogP contribution < -0.4 is 17.0 Å². The van der Waals surface area contributed by atoms with E-state index in [9.17, 15) is 9.59 Å². The zero-order valence-electron chi connectivity index (χ0n) is 13.6. The highest BCUT2D eigenvalue weighted by molar-refractivity contribution is 5.81. The predicted octanol–water partition coefficient (Wildman–Crippen LogP) is 1.25. The summed E-state index contributed by atoms with van der Waals surface area (Å²) < 4.78 is 3.01. The number of piperidine rings is 1. The van der Waals surface area contributed by atoms with E-state index in [2.05, 4.69) is 4.90 Å². The number of nitrogen functional groups attached to an aromatic ring is 1. The monoisotopic (exact) mass is 316 g/mol. The molecule has 2 heterocycles. The molecule has 1 saturated heterocycles. The molecule has 1 aromatic heterocycles. The normalized spacial score (nSPS) is 16.0. The molecule has 3 rings (SSSR count). The average Bonchev–Trinajstić information content (AvgIpc) is 2.56. The molecule has 1 fully saturated rings. The van der Waals surface area contributed by atoms with Gasteiger partial charge in [-0.15, -0.1) is 0 Å². The number of rotatable bonds is 4. The number of hydrogen-bond donors (Lipinski definition) is 1. The molecule has 0 amide bonds. The molecular weight excluding hydrogens is 292 g/mol. The first kappa shape index (κ1) is 15.8. The fraction of sp³-hybridized carbons (Fsp3) is 0.529. The van der Waals surface area contributed by atoms with Crippen molar-refractivity contribution in [1.82, 2.24) is 14.0 Å². The maximum Gasteiger partial charge on any atom is 0.331 e. The van der Waals surface area contributed by atoms with Crippen molar-refractivity contribution in [3.63, 3.8) is 0 Å². The van der Waals surface area contributed by atoms with Crippen LogP contribution in [0.25, 0.3) is 10.9 Å². The molecule has 1 aliphatic rings. The van der Waals surface area contributed by atoms with Gasteiger partial charge in [0.2, 0.25) is 0 Å². The summed E-state index contributed by atoms with van der Waals surface area (Å²) in [6, 6.07) is 5.19. The Morgan fingerprint density at radius 3 is 2.48 bits per heavy atom. The van der Waals surface area contributed by atoms with Crippen molar-refractivity contribution in [2.24, 2.45) is 0 Å². The van der Waals surface area contributed by atoms with Gasteiger partial charge >= 0.3 is 5.69 Å². The highest BCUT2D eigenvalue weighted by atomic mass is 16.2. The van der Waals surface area contributed by atoms with Gasteiger partial charge in [-0.25, -0.2) is 4.79 Å². The van der Waals surface area contributed by atoms with Crippen LogP contribution in [-0.4, -0.2) is 33.7 Å². The van der Waals surface area contributed by atoms with E-state index in [1.165, 1.54) is 23.8 Å². The smallest absolute Gasteiger partial charge is 0.331 e. The van der Waals surface area contributed by atoms with Crippen molar-refractivity contribution in [1.29, 1.82) is 0 Å². The number of anilines is 1. The summed E-state index contributed by atoms with van der Waals surface area (Å²) in [6.45, 7) is 5.79. The van der Waals surface area contributed by atoms with Crippen molar-refractivity contribution >= 4 is 16.6 Å². The molecule has 0 bridgehead atoms. The van der Waals surface area contributed by atoms with Crippen LogP contribution in [0.4, 0.5) is 5.69 Å². The highest BCUT2D eigenvalue weighted by Crippen LogP contribution is 2.14. The lowest BCUT2D eigenvalue weighted by Crippen LogP contribution is -2.42. The molecule has 0 saturated carbocycles. The van der Waals surface area contributed by atoms with Gasteiger partial charge in [0.15, 0.2) is 0 Å². The molecule has 0 unspecified atom stereocenters. The van der Waals surface area contributed by atoms with E-state index in [1.54, 1.807) is 22.8 Å². The molecule has 6 heteroatoms. The summed E-state index contributed by atoms with van der Waals surface area (Å²) in [6.07, 6.45) is 3.74. The van der Waals surface area contributed by atoms with Gasteiger partial charge in [0.1, 0.15) is 0 Å². The first-order valence-electron chi connectivity index (χ1n) is 8.37. The Morgan fingerprint density at radius 2 is 1.78 bits per heavy atom. The number of fused-ring (bicyclic) bond motifs is 1. The summed E-state index contributed by atoms with van der Waals surface area (Å²) >= 11 is 0. The maximum atomic E-state index is 12.7. The van der Waals surface area contributed by atoms with Crippen molar-refractivity contribution < 1.29 is 0 Å². The van der Waals surface area contributed by atoms with E-state index in [-0.39, 0.29) is 11.2 Å². The van der Waals surface area contributed by atoms with Gasteiger partial charge in [-0.05, 0) is 51.1 Å². The standard InChI is InChI=1S/C17H24N4O2/c1-2-20-16(22)14-12-13(18)6-7-15(14)21(17(20)23)11-10-19-8-4-3-5-9-19/h6-7,12H,2-5,8-11,18H2,1H3. The zero-order valence-corrected chi connectivity index (χ0v) is 13.6. The molecule has 23 heavy (non-hydrogen) atoms. The van der Waals surface area contributed by atoms with Gasteiger partial charge in [0, 0.05) is 25.3 Å². The Kier molecular flexibility index (Phi) is 4.52. The van der Waals surface area contributed by atoms with E-state index in [4.69, 9.17) is 5.73 Å². The number of nitrogens with two attached hydrogens (primary N) is 1. The predicted molar refractivity (Wildman–Crippen MR) is 92.8 cm³/mol. The molecule has 2 aromatic rings. The lowest BCUT2D eigenvalue weighted by atomic mass is 10.1. The molecule has 0 aliphatic carbocycles. The van der Waals surface area contributed by atoms with Gasteiger partial charge in [-0.2, -0.15) is 0 Å². The maximum absolute atomic E-state index is 12.7. The van der Waals surface area contributed by atoms with E-state index >= 15 is 0 Å². The van der Waals surface area contributed by atoms with Gasteiger partial charge in [-0.1, -0.05) is 6.42 Å². The van der Waals surface area contributed by atoms with Crippen LogP contribution >= 0.6 is 0 Å². The Balaban J connectivity index is 2.04. The molecule has 0 atom stereocenters. The van der Waals surface area contributed by atoms with E-state index in [0.29, 0.717) is 29.7 Å². The topological polar surface area (TPSA) is 73.3 Å². The minimum atomic E-state index is -0.256. The van der Waals surface area contributed by atoms with Crippen LogP contribution in [0.5, 0.6) is 0 Å². The fourth-order valence-corrected chi connectivity index (χ4v) is 3.36. The summed E-state index contributed by atoms with van der Waals surface area (Å²) in [5, 5.41) is 0.519. The molecule has 2 N–H and O–H groups in total. The Labute approximate surface area is 135 Å². The van der Waals surface area contributed by atoms with Crippen LogP contribution in [0.3, 0.4) is 0 Å². The fourth-order valence-electron chi connectivity index (χ4n) is 3.36. The first-order chi connectivity index (χ1) is 11.1. The number of hydrogen-bond acceptors (Lipinski definition) is 4. The molecular formula is C17H24N4O2. The van der Waals surface area contributed by atoms with E-state index < -0.39 is 0 Å². The summed E-state index contributed by atoms with van der Waals surface area (Å²) in [5.74, 6) is 0. The second-order valence-corrected chi connectivity index (χ2v) is 6.16. The van der Waals surface area contributed by atoms with Crippen LogP contribution in [0.1, 0.15) is 26.2 Å². The van der Waals surface area contributed by atoms with Crippen molar-refractivity contribution in [2.75, 3.05) is 25.4 Å². The Bertz CT molecular complexity index is 816. The number of aromatic nitrogens is 2. The third-order valence-electron chi connectivity index (χ3n) is 4.65. The molecule has 6 nitrogen and oxygen atoms in total. The summed E-state index contributed by atoms with van der Waals surface area (Å²) in [4.78, 5) is 27.5. The second kappa shape index (κ2) is 6.58. The lowest BCUT2D eigenvalue weighted by molar-refractivity contribution is 0.220. The van der Waals surface area contributed by atoms with E-state index in [0.717, 1.165) is 19.6 Å². The minimum absolute atomic E-state index is 0.230. The van der Waals surface area contributed by atoms with E-state index in [1.807, 2.05) is 6.92 Å². The Hall–Kier alpha value is -2.08. The minimum Gasteiger partial charge on any atom is -0.399 e. The highest BCUT2D eigenvalue weighted by Gasteiger charge is 2.14. The molecule has 124 valence electrons. The SMILES string of the molecule is CCn1c(=O)c2cc(N)ccc2n(CCN2CCCCC2)c1=O. The van der Waals surface area contributed by atoms with Crippen LogP contribution in [-0.2, 0) is 13.1 Å². The van der Waals surface area contributed by atoms with Crippen LogP contribution in [0, 0.1) is 0 Å². The van der Waals surface area contributed by atoms with Gasteiger partial charge in [0.25, 0.3) is 5.56 Å². The summed E-state index contributed by atoms with van der Waals surface area (Å²) in [5.41, 5.74) is 6.55. The second-order valence-electron chi connectivity index (χ2n) is 6.16. The molecule has 0 spiro atoms. The van der Waals surface area contributed by atoms with Crippen molar-refractivity contribution in [2.45, 2.75) is 39.3 Å². The zero-order chi connectivity index (χ0) is 16.4. The number of likely N-dealkylation sites (tertiary alicyclic amines) is 1. The molecule has 0 radical (unpaired) electrons. The average molecular weight is 316 g/mol. The van der Waals surface area contributed by atoms with Crippen molar-refractivity contribution in [3.05, 3.63) is 39.0 Å². The van der Waals surface area contributed by atoms with Crippen molar-refractivity contribution in [3.8, 4) is 0 Å². The first-order valence-corrected chi connectivity index (χ1v) is 8.37.